The van der Waals surface area contributed by atoms with Gasteiger partial charge in [-0.25, -0.2) is 18.4 Å². The molecule has 3 unspecified atom stereocenters. The van der Waals surface area contributed by atoms with Gasteiger partial charge in [-0.15, -0.1) is 0 Å². The van der Waals surface area contributed by atoms with E-state index in [2.05, 4.69) is 22.6 Å². The van der Waals surface area contributed by atoms with Gasteiger partial charge in [0, 0.05) is 12.2 Å². The van der Waals surface area contributed by atoms with Crippen LogP contribution in [-0.2, 0) is 19.1 Å². The molecule has 11 heteroatoms. The Morgan fingerprint density at radius 3 is 1.71 bits per heavy atom. The number of hydrogen-bond donors (Lipinski definition) is 0. The molecule has 0 aliphatic heterocycles. The summed E-state index contributed by atoms with van der Waals surface area (Å²) in [5.41, 5.74) is -3.73. The van der Waals surface area contributed by atoms with Crippen molar-refractivity contribution in [3.63, 3.8) is 0 Å². The molecule has 3 atom stereocenters. The zero-order valence-corrected chi connectivity index (χ0v) is 13.6. The molecule has 0 aromatic rings. The molecule has 0 aliphatic rings. The molecule has 0 N–H and O–H groups in total. The van der Waals surface area contributed by atoms with E-state index in [1.807, 2.05) is 0 Å². The van der Waals surface area contributed by atoms with Crippen molar-refractivity contribution in [3.8, 4) is 0 Å². The van der Waals surface area contributed by atoms with Gasteiger partial charge in [-0.3, -0.25) is 0 Å². The first-order valence-electron chi connectivity index (χ1n) is 6.17. The topological polar surface area (TPSA) is 52.6 Å². The van der Waals surface area contributed by atoms with Gasteiger partial charge < -0.3 is 9.47 Å². The van der Waals surface area contributed by atoms with E-state index in [1.54, 1.807) is 0 Å². The van der Waals surface area contributed by atoms with Gasteiger partial charge in [0.05, 0.1) is 0 Å². The molecule has 138 valence electrons. The Kier molecular flexibility index (Phi) is 7.05. The fourth-order valence-electron chi connectivity index (χ4n) is 1.28. The van der Waals surface area contributed by atoms with Crippen LogP contribution in [0.1, 0.15) is 6.92 Å². The third-order valence-electron chi connectivity index (χ3n) is 2.89. The van der Waals surface area contributed by atoms with Gasteiger partial charge in [-0.1, -0.05) is 22.4 Å². The maximum absolute atomic E-state index is 14.3. The Hall–Kier alpha value is -1.57. The molecule has 0 saturated heterocycles. The lowest BCUT2D eigenvalue weighted by atomic mass is 9.93. The Morgan fingerprint density at radius 2 is 1.33 bits per heavy atom. The van der Waals surface area contributed by atoms with Crippen molar-refractivity contribution in [2.24, 2.45) is 0 Å². The van der Waals surface area contributed by atoms with Gasteiger partial charge >= 0.3 is 23.8 Å². The van der Waals surface area contributed by atoms with Crippen molar-refractivity contribution >= 4 is 21.2 Å². The summed E-state index contributed by atoms with van der Waals surface area (Å²) in [5, 5.41) is -4.56. The summed E-state index contributed by atoms with van der Waals surface area (Å²) in [4.78, 5) is 21.5. The van der Waals surface area contributed by atoms with Gasteiger partial charge in [-0.05, 0) is 6.92 Å². The van der Waals surface area contributed by atoms with Crippen LogP contribution in [0.2, 0.25) is 0 Å². The van der Waals surface area contributed by atoms with E-state index in [9.17, 15) is 35.9 Å². The first-order chi connectivity index (χ1) is 10.7. The quantitative estimate of drug-likeness (QED) is 0.267. The molecule has 4 nitrogen and oxygen atoms in total. The highest BCUT2D eigenvalue weighted by Gasteiger charge is 2.75. The number of ether oxygens (including phenoxy) is 2. The van der Waals surface area contributed by atoms with Crippen LogP contribution in [-0.4, -0.2) is 48.1 Å². The lowest BCUT2D eigenvalue weighted by Crippen LogP contribution is -2.64. The highest BCUT2D eigenvalue weighted by molar-refractivity contribution is 7.19. The standard InChI is InChI=1S/C13H15F6O4P/c1-4-8(20)22-6-10(3,14)13(19,24)12(17,18)11(15,16)7-23-9(21)5-2/h4-5H,1-2,6-7,24H2,3H3. The normalized spacial score (nSPS) is 17.2. The third-order valence-corrected chi connectivity index (χ3v) is 3.85. The van der Waals surface area contributed by atoms with Crippen LogP contribution < -0.4 is 0 Å². The van der Waals surface area contributed by atoms with Gasteiger partial charge in [0.25, 0.3) is 0 Å². The molecule has 0 aliphatic carbocycles. The molecule has 0 saturated carbocycles. The minimum absolute atomic E-state index is 0.204. The highest BCUT2D eigenvalue weighted by atomic mass is 31.0. The summed E-state index contributed by atoms with van der Waals surface area (Å²) in [5.74, 6) is -13.6. The summed E-state index contributed by atoms with van der Waals surface area (Å²) in [6.07, 6.45) is 0.964. The van der Waals surface area contributed by atoms with Crippen LogP contribution >= 0.6 is 9.24 Å². The molecule has 0 bridgehead atoms. The molecule has 0 fully saturated rings. The van der Waals surface area contributed by atoms with Crippen molar-refractivity contribution in [1.82, 2.24) is 0 Å². The Balaban J connectivity index is 5.45. The maximum atomic E-state index is 14.3. The van der Waals surface area contributed by atoms with E-state index < -0.39 is 48.1 Å². The number of carbonyl (C=O) groups excluding carboxylic acids is 2. The smallest absolute Gasteiger partial charge is 0.353 e. The summed E-state index contributed by atoms with van der Waals surface area (Å²) in [6.45, 7) is 2.20. The van der Waals surface area contributed by atoms with Crippen LogP contribution in [0.4, 0.5) is 26.3 Å². The van der Waals surface area contributed by atoms with E-state index in [1.165, 1.54) is 0 Å². The molecule has 0 aromatic carbocycles. The third kappa shape index (κ3) is 4.49. The first-order valence-corrected chi connectivity index (χ1v) is 6.74. The minimum Gasteiger partial charge on any atom is -0.459 e. The molecule has 0 spiro atoms. The summed E-state index contributed by atoms with van der Waals surface area (Å²) >= 11 is 0. The number of carbonyl (C=O) groups is 2. The molecular formula is C13H15F6O4P. The zero-order valence-electron chi connectivity index (χ0n) is 12.5. The Morgan fingerprint density at radius 1 is 0.958 bits per heavy atom. The maximum Gasteiger partial charge on any atom is 0.353 e. The number of rotatable bonds is 9. The second kappa shape index (κ2) is 7.55. The molecule has 0 radical (unpaired) electrons. The SMILES string of the molecule is C=CC(=O)OCC(C)(F)C(F)(P)C(F)(F)C(F)(F)COC(=O)C=C. The number of alkyl halides is 6. The number of esters is 2. The first kappa shape index (κ1) is 22.4. The molecular weight excluding hydrogens is 365 g/mol. The summed E-state index contributed by atoms with van der Waals surface area (Å²) in [6, 6.07) is 0. The van der Waals surface area contributed by atoms with Crippen LogP contribution in [0.5, 0.6) is 0 Å². The lowest BCUT2D eigenvalue weighted by Gasteiger charge is -2.41. The van der Waals surface area contributed by atoms with Gasteiger partial charge in [0.15, 0.2) is 12.3 Å². The average Bonchev–Trinajstić information content (AvgIpc) is 2.49. The van der Waals surface area contributed by atoms with Crippen LogP contribution in [0.25, 0.3) is 0 Å². The van der Waals surface area contributed by atoms with Crippen LogP contribution in [0.3, 0.4) is 0 Å². The van der Waals surface area contributed by atoms with Crippen molar-refractivity contribution in [2.75, 3.05) is 13.2 Å². The van der Waals surface area contributed by atoms with E-state index >= 15 is 0 Å². The average molecular weight is 380 g/mol. The van der Waals surface area contributed by atoms with Gasteiger partial charge in [0.2, 0.25) is 5.41 Å². The summed E-state index contributed by atoms with van der Waals surface area (Å²) < 4.78 is 91.3. The molecule has 24 heavy (non-hydrogen) atoms. The van der Waals surface area contributed by atoms with Crippen molar-refractivity contribution in [1.29, 1.82) is 0 Å². The summed E-state index contributed by atoms with van der Waals surface area (Å²) in [7, 11) is 0.652. The van der Waals surface area contributed by atoms with E-state index in [-0.39, 0.29) is 6.92 Å². The number of hydrogen-bond acceptors (Lipinski definition) is 4. The second-order valence-electron chi connectivity index (χ2n) is 4.81. The molecule has 0 aromatic heterocycles. The fraction of sp³-hybridized carbons (Fsp3) is 0.538. The zero-order chi connectivity index (χ0) is 19.4. The van der Waals surface area contributed by atoms with E-state index in [4.69, 9.17) is 0 Å². The van der Waals surface area contributed by atoms with Crippen molar-refractivity contribution < 1.29 is 45.4 Å². The van der Waals surface area contributed by atoms with Gasteiger partial charge in [0.1, 0.15) is 6.61 Å². The van der Waals surface area contributed by atoms with Crippen LogP contribution in [0, 0.1) is 0 Å². The predicted octanol–water partition coefficient (Wildman–Crippen LogP) is 2.98. The van der Waals surface area contributed by atoms with Crippen molar-refractivity contribution in [2.45, 2.75) is 29.8 Å². The van der Waals surface area contributed by atoms with Gasteiger partial charge in [-0.2, -0.15) is 17.6 Å². The highest BCUT2D eigenvalue weighted by Crippen LogP contribution is 2.54. The predicted molar refractivity (Wildman–Crippen MR) is 75.3 cm³/mol. The fourth-order valence-corrected chi connectivity index (χ4v) is 1.57. The Bertz CT molecular complexity index is 473. The van der Waals surface area contributed by atoms with Crippen molar-refractivity contribution in [3.05, 3.63) is 25.3 Å². The number of halogens is 6. The second-order valence-corrected chi connectivity index (χ2v) is 5.61. The minimum atomic E-state index is -5.64. The lowest BCUT2D eigenvalue weighted by molar-refractivity contribution is -0.284. The molecule has 0 rings (SSSR count). The monoisotopic (exact) mass is 380 g/mol. The van der Waals surface area contributed by atoms with E-state index in [0.717, 1.165) is 0 Å². The molecule has 0 amide bonds. The largest absolute Gasteiger partial charge is 0.459 e. The Labute approximate surface area is 136 Å². The molecule has 0 heterocycles. The van der Waals surface area contributed by atoms with E-state index in [0.29, 0.717) is 21.4 Å². The van der Waals surface area contributed by atoms with Crippen LogP contribution in [0.15, 0.2) is 25.3 Å².